The lowest BCUT2D eigenvalue weighted by Gasteiger charge is -2.36. The maximum absolute atomic E-state index is 14.5. The lowest BCUT2D eigenvalue weighted by atomic mass is 10.1. The number of hydrogen-bond donors (Lipinski definition) is 2. The molecule has 1 unspecified atom stereocenters. The van der Waals surface area contributed by atoms with Gasteiger partial charge >= 0.3 is 0 Å². The van der Waals surface area contributed by atoms with Crippen LogP contribution < -0.4 is 21.2 Å². The molecule has 0 radical (unpaired) electrons. The number of aryl methyl sites for hydroxylation is 1. The van der Waals surface area contributed by atoms with E-state index in [1.165, 1.54) is 10.9 Å². The molecule has 0 aromatic carbocycles. The lowest BCUT2D eigenvalue weighted by Crippen LogP contribution is -2.52. The Hall–Kier alpha value is -1.96. The fourth-order valence-corrected chi connectivity index (χ4v) is 4.74. The first-order valence-corrected chi connectivity index (χ1v) is 10.2. The number of rotatable bonds is 5. The number of halogens is 1. The third kappa shape index (κ3) is 3.72. The van der Waals surface area contributed by atoms with Crippen molar-refractivity contribution in [1.82, 2.24) is 15.2 Å². The Labute approximate surface area is 162 Å². The highest BCUT2D eigenvalue weighted by atomic mass is 32.1. The highest BCUT2D eigenvalue weighted by molar-refractivity contribution is 7.16. The Morgan fingerprint density at radius 2 is 2.33 bits per heavy atom. The molecule has 2 N–H and O–H groups in total. The van der Waals surface area contributed by atoms with Crippen LogP contribution in [0, 0.1) is 12.7 Å². The second-order valence-electron chi connectivity index (χ2n) is 7.02. The van der Waals surface area contributed by atoms with Crippen molar-refractivity contribution in [2.45, 2.75) is 25.8 Å². The summed E-state index contributed by atoms with van der Waals surface area (Å²) in [7, 11) is 1.74. The van der Waals surface area contributed by atoms with Gasteiger partial charge in [-0.05, 0) is 31.9 Å². The summed E-state index contributed by atoms with van der Waals surface area (Å²) in [5, 5.41) is 9.20. The lowest BCUT2D eigenvalue weighted by molar-refractivity contribution is 0.181. The molecular weight excluding hydrogens is 363 g/mol. The highest BCUT2D eigenvalue weighted by Gasteiger charge is 2.26. The first-order chi connectivity index (χ1) is 13.2. The molecule has 2 aliphatic heterocycles. The zero-order chi connectivity index (χ0) is 18.8. The second kappa shape index (κ2) is 7.96. The third-order valence-electron chi connectivity index (χ3n) is 5.09. The molecular formula is C20H25FN4OS. The van der Waals surface area contributed by atoms with Gasteiger partial charge in [-0.1, -0.05) is 0 Å². The van der Waals surface area contributed by atoms with E-state index in [4.69, 9.17) is 4.74 Å². The van der Waals surface area contributed by atoms with Gasteiger partial charge in [-0.2, -0.15) is 0 Å². The quantitative estimate of drug-likeness (QED) is 0.763. The van der Waals surface area contributed by atoms with Crippen LogP contribution in [0.5, 0.6) is 0 Å². The average Bonchev–Trinajstić information content (AvgIpc) is 2.95. The molecule has 7 heteroatoms. The summed E-state index contributed by atoms with van der Waals surface area (Å²) < 4.78 is 19.7. The molecule has 4 heterocycles. The summed E-state index contributed by atoms with van der Waals surface area (Å²) in [5.41, 5.74) is 2.14. The molecule has 1 fully saturated rings. The van der Waals surface area contributed by atoms with Gasteiger partial charge in [-0.25, -0.2) is 4.39 Å². The minimum Gasteiger partial charge on any atom is -0.385 e. The molecule has 2 aliphatic rings. The Morgan fingerprint density at radius 3 is 3.19 bits per heavy atom. The fraction of sp³-hybridized carbons (Fsp3) is 0.450. The number of ether oxygens (including phenoxy) is 1. The van der Waals surface area contributed by atoms with E-state index < -0.39 is 0 Å². The zero-order valence-corrected chi connectivity index (χ0v) is 16.5. The van der Waals surface area contributed by atoms with Crippen LogP contribution in [-0.2, 0) is 4.74 Å². The molecule has 0 spiro atoms. The van der Waals surface area contributed by atoms with Gasteiger partial charge in [0.2, 0.25) is 0 Å². The first kappa shape index (κ1) is 18.4. The number of piperazine rings is 1. The summed E-state index contributed by atoms with van der Waals surface area (Å²) in [6.45, 7) is 5.54. The second-order valence-corrected chi connectivity index (χ2v) is 8.28. The van der Waals surface area contributed by atoms with E-state index in [2.05, 4.69) is 33.5 Å². The Kier molecular flexibility index (Phi) is 5.43. The Morgan fingerprint density at radius 1 is 1.44 bits per heavy atom. The van der Waals surface area contributed by atoms with E-state index in [1.54, 1.807) is 30.8 Å². The SMILES string of the molecule is COCCCC1CN(C2=c3nccc(F)c3=CNc3sc(C)cc32)CCN1. The van der Waals surface area contributed by atoms with Crippen molar-refractivity contribution >= 4 is 28.2 Å². The molecule has 2 aromatic rings. The average molecular weight is 389 g/mol. The van der Waals surface area contributed by atoms with E-state index >= 15 is 0 Å². The van der Waals surface area contributed by atoms with Gasteiger partial charge in [-0.3, -0.25) is 4.98 Å². The zero-order valence-electron chi connectivity index (χ0n) is 15.7. The van der Waals surface area contributed by atoms with Crippen LogP contribution in [-0.4, -0.2) is 49.3 Å². The molecule has 1 saturated heterocycles. The largest absolute Gasteiger partial charge is 0.385 e. The van der Waals surface area contributed by atoms with Gasteiger partial charge in [0, 0.05) is 62.2 Å². The minimum atomic E-state index is -0.247. The summed E-state index contributed by atoms with van der Waals surface area (Å²) in [6.07, 6.45) is 5.39. The smallest absolute Gasteiger partial charge is 0.135 e. The van der Waals surface area contributed by atoms with Crippen LogP contribution in [0.25, 0.3) is 11.9 Å². The van der Waals surface area contributed by atoms with Crippen molar-refractivity contribution in [1.29, 1.82) is 0 Å². The monoisotopic (exact) mass is 388 g/mol. The predicted molar refractivity (Wildman–Crippen MR) is 108 cm³/mol. The third-order valence-corrected chi connectivity index (χ3v) is 6.07. The van der Waals surface area contributed by atoms with Crippen LogP contribution >= 0.6 is 11.3 Å². The van der Waals surface area contributed by atoms with Gasteiger partial charge in [0.15, 0.2) is 0 Å². The number of hydrogen-bond acceptors (Lipinski definition) is 6. The molecule has 0 saturated carbocycles. The number of methoxy groups -OCH3 is 1. The maximum Gasteiger partial charge on any atom is 0.135 e. The van der Waals surface area contributed by atoms with Crippen LogP contribution in [0.1, 0.15) is 23.3 Å². The Bertz CT molecular complexity index is 942. The minimum absolute atomic E-state index is 0.247. The normalized spacial score (nSPS) is 19.0. The Balaban J connectivity index is 1.77. The van der Waals surface area contributed by atoms with Crippen molar-refractivity contribution in [3.05, 3.63) is 45.2 Å². The van der Waals surface area contributed by atoms with Gasteiger partial charge in [0.1, 0.15) is 10.8 Å². The van der Waals surface area contributed by atoms with Gasteiger partial charge in [0.05, 0.1) is 16.3 Å². The molecule has 27 heavy (non-hydrogen) atoms. The topological polar surface area (TPSA) is 49.4 Å². The van der Waals surface area contributed by atoms with Crippen molar-refractivity contribution < 1.29 is 9.13 Å². The first-order valence-electron chi connectivity index (χ1n) is 9.37. The molecule has 144 valence electrons. The molecule has 0 bridgehead atoms. The van der Waals surface area contributed by atoms with Crippen LogP contribution in [0.4, 0.5) is 9.39 Å². The van der Waals surface area contributed by atoms with Crippen LogP contribution in [0.2, 0.25) is 0 Å². The van der Waals surface area contributed by atoms with Crippen molar-refractivity contribution in [3.8, 4) is 0 Å². The number of nitrogens with one attached hydrogen (secondary N) is 2. The number of fused-ring (bicyclic) bond motifs is 2. The summed E-state index contributed by atoms with van der Waals surface area (Å²) >= 11 is 1.69. The van der Waals surface area contributed by atoms with Gasteiger partial charge < -0.3 is 20.3 Å². The molecule has 1 atom stereocenters. The van der Waals surface area contributed by atoms with E-state index in [9.17, 15) is 4.39 Å². The highest BCUT2D eigenvalue weighted by Crippen LogP contribution is 2.34. The summed E-state index contributed by atoms with van der Waals surface area (Å²) in [4.78, 5) is 8.17. The molecule has 0 aliphatic carbocycles. The van der Waals surface area contributed by atoms with Gasteiger partial charge in [0.25, 0.3) is 0 Å². The van der Waals surface area contributed by atoms with Crippen molar-refractivity contribution in [2.24, 2.45) is 0 Å². The van der Waals surface area contributed by atoms with E-state index in [0.717, 1.165) is 60.7 Å². The van der Waals surface area contributed by atoms with Crippen molar-refractivity contribution in [2.75, 3.05) is 38.7 Å². The molecule has 5 nitrogen and oxygen atoms in total. The molecule has 0 amide bonds. The number of thiophene rings is 1. The van der Waals surface area contributed by atoms with Gasteiger partial charge in [-0.15, -0.1) is 11.3 Å². The summed E-state index contributed by atoms with van der Waals surface area (Å²) in [5.74, 6) is -0.247. The molecule has 2 aromatic heterocycles. The number of nitrogens with zero attached hydrogens (tertiary/aromatic N) is 2. The van der Waals surface area contributed by atoms with E-state index in [-0.39, 0.29) is 5.82 Å². The van der Waals surface area contributed by atoms with Crippen LogP contribution in [0.3, 0.4) is 0 Å². The number of aromatic nitrogens is 1. The fourth-order valence-electron chi connectivity index (χ4n) is 3.85. The molecule has 4 rings (SSSR count). The maximum atomic E-state index is 14.5. The summed E-state index contributed by atoms with van der Waals surface area (Å²) in [6, 6.07) is 3.99. The van der Waals surface area contributed by atoms with E-state index in [1.807, 2.05) is 0 Å². The van der Waals surface area contributed by atoms with Crippen LogP contribution in [0.15, 0.2) is 18.3 Å². The standard InChI is InChI=1S/C20H25FN4OS/c1-13-10-15-19(25-8-7-22-14(12-25)4-3-9-26-2)18-16(11-24-20(15)27-13)17(21)5-6-23-18/h5-6,10-11,14,22,24H,3-4,7-9,12H2,1-2H3. The number of pyridine rings is 1. The van der Waals surface area contributed by atoms with E-state index in [0.29, 0.717) is 11.3 Å². The predicted octanol–water partition coefficient (Wildman–Crippen LogP) is 1.61. The number of anilines is 1. The van der Waals surface area contributed by atoms with Crippen molar-refractivity contribution in [3.63, 3.8) is 0 Å².